The molecule has 10 nitrogen and oxygen atoms in total. The minimum atomic E-state index is -0.786. The van der Waals surface area contributed by atoms with Gasteiger partial charge in [0, 0.05) is 35.0 Å². The Morgan fingerprint density at radius 1 is 1.24 bits per heavy atom. The minimum Gasteiger partial charge on any atom is -0.456 e. The second kappa shape index (κ2) is 12.2. The van der Waals surface area contributed by atoms with Crippen LogP contribution in [-0.2, 0) is 4.74 Å². The first-order valence-corrected chi connectivity index (χ1v) is 15.2. The molecule has 2 aromatic carbocycles. The molecule has 1 fully saturated rings. The number of likely N-dealkylation sites (N-methyl/N-ethyl adjacent to an activating group) is 1. The molecule has 0 amide bonds. The van der Waals surface area contributed by atoms with Gasteiger partial charge in [-0.3, -0.25) is 0 Å². The van der Waals surface area contributed by atoms with Gasteiger partial charge in [0.05, 0.1) is 34.5 Å². The lowest BCUT2D eigenvalue weighted by atomic mass is 9.97. The smallest absolute Gasteiger partial charge is 0.319 e. The van der Waals surface area contributed by atoms with E-state index in [9.17, 15) is 9.65 Å². The maximum Gasteiger partial charge on any atom is 0.319 e. The maximum atomic E-state index is 16.8. The van der Waals surface area contributed by atoms with Crippen LogP contribution in [0, 0.1) is 23.0 Å². The number of aromatic nitrogens is 3. The molecular weight excluding hydrogens is 622 g/mol. The van der Waals surface area contributed by atoms with E-state index in [-0.39, 0.29) is 60.3 Å². The molecule has 5 aromatic rings. The molecule has 0 aliphatic carbocycles. The number of nitrogens with zero attached hydrogens (tertiary/aromatic N) is 5. The largest absolute Gasteiger partial charge is 0.456 e. The molecule has 232 valence electrons. The first-order chi connectivity index (χ1) is 21.6. The van der Waals surface area contributed by atoms with E-state index in [2.05, 4.69) is 20.3 Å². The molecule has 0 bridgehead atoms. The Labute approximate surface area is 266 Å². The third-order valence-corrected chi connectivity index (χ3v) is 9.28. The Bertz CT molecular complexity index is 1980. The molecule has 6 rings (SSSR count). The molecule has 1 aliphatic heterocycles. The Morgan fingerprint density at radius 3 is 2.78 bits per heavy atom. The second-order valence-corrected chi connectivity index (χ2v) is 12.5. The fourth-order valence-corrected chi connectivity index (χ4v) is 6.82. The summed E-state index contributed by atoms with van der Waals surface area (Å²) in [6.07, 6.45) is 1.22. The maximum absolute atomic E-state index is 16.8. The summed E-state index contributed by atoms with van der Waals surface area (Å²) in [5.74, 6) is -0.750. The predicted molar refractivity (Wildman–Crippen MR) is 173 cm³/mol. The number of thiophene rings is 1. The van der Waals surface area contributed by atoms with Crippen molar-refractivity contribution >= 4 is 60.6 Å². The zero-order chi connectivity index (χ0) is 32.0. The standard InChI is InChI=1S/C31H29ClF2N8O2S/c1-14(15-5-4-8-38-28(15)36)11-39-30-17-9-19(32)24(16-6-7-20(33)27-23(16)18(10-35)29(37)45-27)25(34)26(17)40-31(41-30)44-22-13-43-12-21(22)42(2)3/h4-9,14,21-22H,11-13,37H2,1-3H3,(H2,36,38)(H,39,40,41)/t14-,21-,22+/m0/s1. The molecule has 0 spiro atoms. The SMILES string of the molecule is C[C@@H](CNc1nc(O[C@@H]2COC[C@@H]2N(C)C)nc2c(F)c(-c3ccc(F)c4sc(N)c(C#N)c34)c(Cl)cc12)c1cccnc1N. The number of benzene rings is 2. The highest BCUT2D eigenvalue weighted by Crippen LogP contribution is 2.45. The zero-order valence-electron chi connectivity index (χ0n) is 24.6. The lowest BCUT2D eigenvalue weighted by Crippen LogP contribution is -2.41. The molecule has 14 heteroatoms. The molecule has 5 N–H and O–H groups in total. The average Bonchev–Trinajstić information content (AvgIpc) is 3.61. The van der Waals surface area contributed by atoms with Gasteiger partial charge in [-0.1, -0.05) is 30.7 Å². The number of hydrogen-bond donors (Lipinski definition) is 3. The van der Waals surface area contributed by atoms with Crippen molar-refractivity contribution in [3.8, 4) is 23.2 Å². The van der Waals surface area contributed by atoms with Crippen molar-refractivity contribution in [3.63, 3.8) is 0 Å². The average molecular weight is 651 g/mol. The number of nitrogens with one attached hydrogen (secondary N) is 1. The fourth-order valence-electron chi connectivity index (χ4n) is 5.58. The first kappa shape index (κ1) is 30.7. The van der Waals surface area contributed by atoms with Crippen molar-refractivity contribution in [1.82, 2.24) is 19.9 Å². The van der Waals surface area contributed by atoms with Gasteiger partial charge < -0.3 is 31.2 Å². The van der Waals surface area contributed by atoms with Gasteiger partial charge in [-0.2, -0.15) is 15.2 Å². The van der Waals surface area contributed by atoms with Gasteiger partial charge >= 0.3 is 6.01 Å². The number of hydrogen-bond acceptors (Lipinski definition) is 11. The molecule has 3 aromatic heterocycles. The highest BCUT2D eigenvalue weighted by atomic mass is 35.5. The molecule has 1 aliphatic rings. The van der Waals surface area contributed by atoms with Crippen molar-refractivity contribution in [2.45, 2.75) is 25.0 Å². The summed E-state index contributed by atoms with van der Waals surface area (Å²) in [5, 5.41) is 13.7. The number of fused-ring (bicyclic) bond motifs is 2. The molecule has 45 heavy (non-hydrogen) atoms. The number of nitriles is 1. The molecule has 0 saturated carbocycles. The Hall–Kier alpha value is -4.35. The second-order valence-electron chi connectivity index (χ2n) is 11.0. The van der Waals surface area contributed by atoms with Crippen LogP contribution in [0.5, 0.6) is 6.01 Å². The third-order valence-electron chi connectivity index (χ3n) is 7.96. The van der Waals surface area contributed by atoms with E-state index < -0.39 is 17.7 Å². The predicted octanol–water partition coefficient (Wildman–Crippen LogP) is 5.80. The van der Waals surface area contributed by atoms with Gasteiger partial charge in [-0.15, -0.1) is 11.3 Å². The lowest BCUT2D eigenvalue weighted by Gasteiger charge is -2.24. The van der Waals surface area contributed by atoms with E-state index in [1.54, 1.807) is 18.3 Å². The van der Waals surface area contributed by atoms with E-state index in [4.69, 9.17) is 32.5 Å². The van der Waals surface area contributed by atoms with E-state index in [1.807, 2.05) is 38.1 Å². The first-order valence-electron chi connectivity index (χ1n) is 14.0. The summed E-state index contributed by atoms with van der Waals surface area (Å²) >= 11 is 7.68. The summed E-state index contributed by atoms with van der Waals surface area (Å²) in [7, 11) is 3.83. The van der Waals surface area contributed by atoms with Crippen LogP contribution in [0.2, 0.25) is 5.02 Å². The summed E-state index contributed by atoms with van der Waals surface area (Å²) in [4.78, 5) is 15.3. The topological polar surface area (TPSA) is 148 Å². The van der Waals surface area contributed by atoms with Crippen LogP contribution in [0.4, 0.5) is 25.4 Å². The van der Waals surface area contributed by atoms with Gasteiger partial charge in [0.15, 0.2) is 5.82 Å². The number of ether oxygens (including phenoxy) is 2. The van der Waals surface area contributed by atoms with Gasteiger partial charge in [0.25, 0.3) is 0 Å². The number of anilines is 3. The normalized spacial score (nSPS) is 17.2. The number of pyridine rings is 1. The summed E-state index contributed by atoms with van der Waals surface area (Å²) in [6, 6.07) is 9.71. The van der Waals surface area contributed by atoms with Crippen LogP contribution in [0.15, 0.2) is 36.5 Å². The van der Waals surface area contributed by atoms with Crippen LogP contribution in [0.1, 0.15) is 24.0 Å². The highest BCUT2D eigenvalue weighted by molar-refractivity contribution is 7.23. The fraction of sp³-hybridized carbons (Fsp3) is 0.290. The Kier molecular flexibility index (Phi) is 8.32. The lowest BCUT2D eigenvalue weighted by molar-refractivity contribution is 0.117. The zero-order valence-corrected chi connectivity index (χ0v) is 26.1. The summed E-state index contributed by atoms with van der Waals surface area (Å²) in [5.41, 5.74) is 13.1. The van der Waals surface area contributed by atoms with Gasteiger partial charge in [-0.25, -0.2) is 13.8 Å². The van der Waals surface area contributed by atoms with Gasteiger partial charge in [-0.05, 0) is 43.4 Å². The highest BCUT2D eigenvalue weighted by Gasteiger charge is 2.33. The Balaban J connectivity index is 1.50. The van der Waals surface area contributed by atoms with E-state index in [0.717, 1.165) is 16.9 Å². The van der Waals surface area contributed by atoms with Crippen LogP contribution >= 0.6 is 22.9 Å². The van der Waals surface area contributed by atoms with Crippen LogP contribution in [-0.4, -0.2) is 65.9 Å². The quantitative estimate of drug-likeness (QED) is 0.188. The molecular formula is C31H29ClF2N8O2S. The summed E-state index contributed by atoms with van der Waals surface area (Å²) < 4.78 is 43.5. The van der Waals surface area contributed by atoms with Crippen molar-refractivity contribution in [2.75, 3.05) is 50.6 Å². The number of nitrogens with two attached hydrogens (primary N) is 2. The van der Waals surface area contributed by atoms with Crippen molar-refractivity contribution < 1.29 is 18.3 Å². The van der Waals surface area contributed by atoms with E-state index in [0.29, 0.717) is 36.8 Å². The number of halogens is 3. The van der Waals surface area contributed by atoms with E-state index >= 15 is 4.39 Å². The number of rotatable bonds is 8. The third kappa shape index (κ3) is 5.55. The van der Waals surface area contributed by atoms with Crippen molar-refractivity contribution in [2.24, 2.45) is 0 Å². The van der Waals surface area contributed by atoms with Gasteiger partial charge in [0.2, 0.25) is 0 Å². The van der Waals surface area contributed by atoms with Crippen molar-refractivity contribution in [1.29, 1.82) is 5.26 Å². The number of nitrogen functional groups attached to an aromatic ring is 2. The summed E-state index contributed by atoms with van der Waals surface area (Å²) in [6.45, 7) is 3.11. The van der Waals surface area contributed by atoms with Crippen LogP contribution < -0.4 is 21.5 Å². The van der Waals surface area contributed by atoms with Crippen molar-refractivity contribution in [3.05, 3.63) is 64.3 Å². The Morgan fingerprint density at radius 2 is 2.04 bits per heavy atom. The minimum absolute atomic E-state index is 0.0169. The monoisotopic (exact) mass is 650 g/mol. The molecule has 0 radical (unpaired) electrons. The van der Waals surface area contributed by atoms with Gasteiger partial charge in [0.1, 0.15) is 40.1 Å². The molecule has 0 unspecified atom stereocenters. The molecule has 3 atom stereocenters. The van der Waals surface area contributed by atoms with Crippen LogP contribution in [0.3, 0.4) is 0 Å². The molecule has 4 heterocycles. The molecule has 1 saturated heterocycles. The van der Waals surface area contributed by atoms with Crippen LogP contribution in [0.25, 0.3) is 32.1 Å². The van der Waals surface area contributed by atoms with E-state index in [1.165, 1.54) is 12.1 Å².